The maximum Gasteiger partial charge on any atom is 0.340 e. The summed E-state index contributed by atoms with van der Waals surface area (Å²) >= 11 is 0. The second-order valence-corrected chi connectivity index (χ2v) is 6.22. The number of carbonyl (C=O) groups is 3. The van der Waals surface area contributed by atoms with Crippen molar-refractivity contribution < 1.29 is 19.1 Å². The molecule has 138 valence electrons. The van der Waals surface area contributed by atoms with Crippen molar-refractivity contribution in [2.24, 2.45) is 0 Å². The summed E-state index contributed by atoms with van der Waals surface area (Å²) in [6, 6.07) is 5.10. The van der Waals surface area contributed by atoms with Crippen molar-refractivity contribution in [3.63, 3.8) is 0 Å². The Hall–Kier alpha value is -2.37. The quantitative estimate of drug-likeness (QED) is 0.530. The highest BCUT2D eigenvalue weighted by Crippen LogP contribution is 2.21. The first-order chi connectivity index (χ1) is 11.8. The molecule has 25 heavy (non-hydrogen) atoms. The first-order valence-electron chi connectivity index (χ1n) is 8.68. The Balaban J connectivity index is 2.58. The summed E-state index contributed by atoms with van der Waals surface area (Å²) < 4.78 is 5.09. The van der Waals surface area contributed by atoms with Gasteiger partial charge in [0, 0.05) is 13.0 Å². The number of para-hydroxylation sites is 1. The molecule has 0 saturated carbocycles. The monoisotopic (exact) mass is 348 g/mol. The number of anilines is 1. The summed E-state index contributed by atoms with van der Waals surface area (Å²) in [6.45, 7) is 6.88. The van der Waals surface area contributed by atoms with Crippen LogP contribution >= 0.6 is 0 Å². The van der Waals surface area contributed by atoms with Crippen molar-refractivity contribution in [2.45, 2.75) is 59.4 Å². The van der Waals surface area contributed by atoms with Crippen LogP contribution in [-0.4, -0.2) is 30.4 Å². The predicted molar refractivity (Wildman–Crippen MR) is 97.5 cm³/mol. The molecule has 0 saturated heterocycles. The molecule has 1 aromatic carbocycles. The van der Waals surface area contributed by atoms with Crippen molar-refractivity contribution in [2.75, 3.05) is 11.9 Å². The Morgan fingerprint density at radius 2 is 1.92 bits per heavy atom. The summed E-state index contributed by atoms with van der Waals surface area (Å²) in [5.74, 6) is -1.24. The van der Waals surface area contributed by atoms with E-state index in [-0.39, 0.29) is 30.0 Å². The first kappa shape index (κ1) is 20.7. The van der Waals surface area contributed by atoms with Crippen LogP contribution in [0.1, 0.15) is 62.4 Å². The highest BCUT2D eigenvalue weighted by Gasteiger charge is 2.17. The molecule has 0 aliphatic heterocycles. The Kier molecular flexibility index (Phi) is 8.67. The number of aryl methyl sites for hydroxylation is 1. The van der Waals surface area contributed by atoms with Gasteiger partial charge in [0.2, 0.25) is 5.91 Å². The van der Waals surface area contributed by atoms with Gasteiger partial charge in [0.05, 0.1) is 11.3 Å². The van der Waals surface area contributed by atoms with Gasteiger partial charge in [0.1, 0.15) is 0 Å². The number of nitrogens with one attached hydrogen (secondary N) is 2. The molecule has 0 heterocycles. The molecular formula is C19H28N2O4. The second kappa shape index (κ2) is 10.5. The number of hydrogen-bond acceptors (Lipinski definition) is 4. The fourth-order valence-electron chi connectivity index (χ4n) is 2.48. The number of esters is 1. The fraction of sp³-hybridized carbons (Fsp3) is 0.526. The largest absolute Gasteiger partial charge is 0.452 e. The van der Waals surface area contributed by atoms with Crippen LogP contribution in [0.4, 0.5) is 5.69 Å². The summed E-state index contributed by atoms with van der Waals surface area (Å²) in [7, 11) is 0. The van der Waals surface area contributed by atoms with Crippen LogP contribution in [0.25, 0.3) is 0 Å². The van der Waals surface area contributed by atoms with Crippen LogP contribution in [0.2, 0.25) is 0 Å². The fourth-order valence-corrected chi connectivity index (χ4v) is 2.48. The number of amides is 2. The summed E-state index contributed by atoms with van der Waals surface area (Å²) in [5, 5.41) is 5.45. The standard InChI is InChI=1S/C19H28N2O4/c1-5-6-7-10-14(3)20-17(23)12-25-19(24)16-11-8-9-13(2)18(16)21-15(4)22/h8-9,11,14H,5-7,10,12H2,1-4H3,(H,20,23)(H,21,22). The van der Waals surface area contributed by atoms with Gasteiger partial charge in [0.15, 0.2) is 6.61 Å². The van der Waals surface area contributed by atoms with Crippen LogP contribution in [0, 0.1) is 6.92 Å². The van der Waals surface area contributed by atoms with Gasteiger partial charge in [0.25, 0.3) is 5.91 Å². The Morgan fingerprint density at radius 1 is 1.20 bits per heavy atom. The number of unbranched alkanes of at least 4 members (excludes halogenated alkanes) is 2. The average Bonchev–Trinajstić information content (AvgIpc) is 2.54. The average molecular weight is 348 g/mol. The molecule has 1 aromatic rings. The van der Waals surface area contributed by atoms with E-state index in [0.29, 0.717) is 5.69 Å². The van der Waals surface area contributed by atoms with Gasteiger partial charge in [-0.15, -0.1) is 0 Å². The number of rotatable bonds is 9. The van der Waals surface area contributed by atoms with Gasteiger partial charge in [-0.25, -0.2) is 4.79 Å². The molecule has 0 aliphatic carbocycles. The van der Waals surface area contributed by atoms with Crippen molar-refractivity contribution in [3.05, 3.63) is 29.3 Å². The lowest BCUT2D eigenvalue weighted by molar-refractivity contribution is -0.124. The van der Waals surface area contributed by atoms with Gasteiger partial charge in [-0.05, 0) is 31.9 Å². The van der Waals surface area contributed by atoms with Gasteiger partial charge in [-0.3, -0.25) is 9.59 Å². The third kappa shape index (κ3) is 7.37. The number of carbonyl (C=O) groups excluding carboxylic acids is 3. The van der Waals surface area contributed by atoms with Crippen LogP contribution in [0.5, 0.6) is 0 Å². The Bertz CT molecular complexity index is 613. The molecule has 1 rings (SSSR count). The van der Waals surface area contributed by atoms with E-state index in [1.54, 1.807) is 25.1 Å². The zero-order valence-corrected chi connectivity index (χ0v) is 15.5. The van der Waals surface area contributed by atoms with Crippen molar-refractivity contribution in [3.8, 4) is 0 Å². The van der Waals surface area contributed by atoms with Crippen LogP contribution in [-0.2, 0) is 14.3 Å². The molecule has 6 heteroatoms. The van der Waals surface area contributed by atoms with Crippen LogP contribution in [0.3, 0.4) is 0 Å². The lowest BCUT2D eigenvalue weighted by Gasteiger charge is -2.15. The molecule has 6 nitrogen and oxygen atoms in total. The van der Waals surface area contributed by atoms with Crippen molar-refractivity contribution >= 4 is 23.5 Å². The Labute approximate surface area is 149 Å². The third-order valence-corrected chi connectivity index (χ3v) is 3.78. The second-order valence-electron chi connectivity index (χ2n) is 6.22. The van der Waals surface area contributed by atoms with Crippen LogP contribution < -0.4 is 10.6 Å². The maximum absolute atomic E-state index is 12.2. The van der Waals surface area contributed by atoms with Gasteiger partial charge >= 0.3 is 5.97 Å². The lowest BCUT2D eigenvalue weighted by atomic mass is 10.1. The minimum atomic E-state index is -0.638. The van der Waals surface area contributed by atoms with E-state index < -0.39 is 5.97 Å². The minimum absolute atomic E-state index is 0.0478. The third-order valence-electron chi connectivity index (χ3n) is 3.78. The van der Waals surface area contributed by atoms with E-state index in [9.17, 15) is 14.4 Å². The van der Waals surface area contributed by atoms with E-state index >= 15 is 0 Å². The summed E-state index contributed by atoms with van der Waals surface area (Å²) in [5.41, 5.74) is 1.39. The Morgan fingerprint density at radius 3 is 2.56 bits per heavy atom. The van der Waals surface area contributed by atoms with Gasteiger partial charge < -0.3 is 15.4 Å². The lowest BCUT2D eigenvalue weighted by Crippen LogP contribution is -2.35. The van der Waals surface area contributed by atoms with Gasteiger partial charge in [-0.2, -0.15) is 0 Å². The smallest absolute Gasteiger partial charge is 0.340 e. The van der Waals surface area contributed by atoms with E-state index in [1.807, 2.05) is 6.92 Å². The predicted octanol–water partition coefficient (Wildman–Crippen LogP) is 3.20. The van der Waals surface area contributed by atoms with E-state index in [2.05, 4.69) is 17.6 Å². The molecule has 0 fully saturated rings. The zero-order chi connectivity index (χ0) is 18.8. The zero-order valence-electron chi connectivity index (χ0n) is 15.5. The highest BCUT2D eigenvalue weighted by atomic mass is 16.5. The number of benzene rings is 1. The molecule has 1 unspecified atom stereocenters. The number of hydrogen-bond donors (Lipinski definition) is 2. The maximum atomic E-state index is 12.2. The van der Waals surface area contributed by atoms with E-state index in [1.165, 1.54) is 6.92 Å². The van der Waals surface area contributed by atoms with E-state index in [4.69, 9.17) is 4.74 Å². The summed E-state index contributed by atoms with van der Waals surface area (Å²) in [6.07, 6.45) is 4.22. The molecule has 0 bridgehead atoms. The van der Waals surface area contributed by atoms with E-state index in [0.717, 1.165) is 31.2 Å². The molecular weight excluding hydrogens is 320 g/mol. The highest BCUT2D eigenvalue weighted by molar-refractivity contribution is 6.02. The minimum Gasteiger partial charge on any atom is -0.452 e. The molecule has 1 atom stereocenters. The number of ether oxygens (including phenoxy) is 1. The SMILES string of the molecule is CCCCCC(C)NC(=O)COC(=O)c1cccc(C)c1NC(C)=O. The van der Waals surface area contributed by atoms with Crippen molar-refractivity contribution in [1.29, 1.82) is 0 Å². The summed E-state index contributed by atoms with van der Waals surface area (Å²) in [4.78, 5) is 35.4. The first-order valence-corrected chi connectivity index (χ1v) is 8.68. The van der Waals surface area contributed by atoms with Gasteiger partial charge in [-0.1, -0.05) is 38.3 Å². The van der Waals surface area contributed by atoms with Crippen LogP contribution in [0.15, 0.2) is 18.2 Å². The molecule has 0 aromatic heterocycles. The molecule has 2 amide bonds. The molecule has 0 spiro atoms. The molecule has 2 N–H and O–H groups in total. The normalized spacial score (nSPS) is 11.5. The van der Waals surface area contributed by atoms with Crippen molar-refractivity contribution in [1.82, 2.24) is 5.32 Å². The molecule has 0 radical (unpaired) electrons. The topological polar surface area (TPSA) is 84.5 Å². The molecule has 0 aliphatic rings.